The number of nitrogens with zero attached hydrogens (tertiary/aromatic N) is 2. The Balaban J connectivity index is 1.77. The highest BCUT2D eigenvalue weighted by molar-refractivity contribution is 5.79. The third kappa shape index (κ3) is 8.04. The molecule has 1 fully saturated rings. The zero-order chi connectivity index (χ0) is 20.2. The molecule has 1 unspecified atom stereocenters. The first-order valence-corrected chi connectivity index (χ1v) is 10.1. The van der Waals surface area contributed by atoms with E-state index in [9.17, 15) is 0 Å². The van der Waals surface area contributed by atoms with E-state index in [0.29, 0.717) is 13.2 Å². The maximum Gasteiger partial charge on any atom is 0.191 e. The van der Waals surface area contributed by atoms with Gasteiger partial charge in [0.15, 0.2) is 5.96 Å². The fourth-order valence-electron chi connectivity index (χ4n) is 3.02. The van der Waals surface area contributed by atoms with Crippen LogP contribution in [-0.4, -0.2) is 77.6 Å². The van der Waals surface area contributed by atoms with E-state index < -0.39 is 0 Å². The molecule has 0 aliphatic carbocycles. The molecule has 158 valence electrons. The van der Waals surface area contributed by atoms with Gasteiger partial charge >= 0.3 is 0 Å². The molecule has 0 saturated carbocycles. The molecule has 0 amide bonds. The van der Waals surface area contributed by atoms with E-state index in [-0.39, 0.29) is 6.10 Å². The number of hydrogen-bond acceptors (Lipinski definition) is 5. The molecule has 7 nitrogen and oxygen atoms in total. The van der Waals surface area contributed by atoms with Crippen molar-refractivity contribution in [2.24, 2.45) is 4.99 Å². The van der Waals surface area contributed by atoms with Gasteiger partial charge < -0.3 is 29.7 Å². The molecule has 0 spiro atoms. The predicted molar refractivity (Wildman–Crippen MR) is 113 cm³/mol. The van der Waals surface area contributed by atoms with Crippen LogP contribution in [0.3, 0.4) is 0 Å². The minimum absolute atomic E-state index is 0.146. The van der Waals surface area contributed by atoms with Crippen LogP contribution in [0.5, 0.6) is 5.75 Å². The second-order valence-corrected chi connectivity index (χ2v) is 7.22. The summed E-state index contributed by atoms with van der Waals surface area (Å²) in [7, 11) is 5.64. The molecule has 1 aromatic carbocycles. The number of ether oxygens (including phenoxy) is 3. The van der Waals surface area contributed by atoms with Gasteiger partial charge in [0.1, 0.15) is 11.9 Å². The Hall–Kier alpha value is -1.83. The summed E-state index contributed by atoms with van der Waals surface area (Å²) in [4.78, 5) is 6.59. The molecule has 7 heteroatoms. The fourth-order valence-corrected chi connectivity index (χ4v) is 3.02. The Morgan fingerprint density at radius 2 is 2.18 bits per heavy atom. The highest BCUT2D eigenvalue weighted by atomic mass is 16.5. The average Bonchev–Trinajstić information content (AvgIpc) is 3.20. The van der Waals surface area contributed by atoms with Crippen LogP contribution in [0.2, 0.25) is 0 Å². The Kier molecular flexibility index (Phi) is 10.1. The summed E-state index contributed by atoms with van der Waals surface area (Å²) in [6.45, 7) is 7.80. The number of benzene rings is 1. The van der Waals surface area contributed by atoms with Gasteiger partial charge in [0.25, 0.3) is 0 Å². The number of guanidine groups is 1. The maximum atomic E-state index is 6.17. The summed E-state index contributed by atoms with van der Waals surface area (Å²) >= 11 is 0. The number of hydrogen-bond donors (Lipinski definition) is 2. The van der Waals surface area contributed by atoms with Gasteiger partial charge in [-0.25, -0.2) is 0 Å². The Labute approximate surface area is 169 Å². The molecule has 1 heterocycles. The van der Waals surface area contributed by atoms with Crippen molar-refractivity contribution in [3.63, 3.8) is 0 Å². The van der Waals surface area contributed by atoms with Crippen molar-refractivity contribution in [2.75, 3.05) is 60.7 Å². The predicted octanol–water partition coefficient (Wildman–Crippen LogP) is 1.80. The second-order valence-electron chi connectivity index (χ2n) is 7.22. The van der Waals surface area contributed by atoms with Crippen molar-refractivity contribution in [1.29, 1.82) is 0 Å². The van der Waals surface area contributed by atoms with Crippen LogP contribution >= 0.6 is 0 Å². The fraction of sp³-hybridized carbons (Fsp3) is 0.667. The smallest absolute Gasteiger partial charge is 0.191 e. The molecular weight excluding hydrogens is 356 g/mol. The summed E-state index contributed by atoms with van der Waals surface area (Å²) in [5.74, 6) is 1.73. The second kappa shape index (κ2) is 12.6. The summed E-state index contributed by atoms with van der Waals surface area (Å²) in [5.41, 5.74) is 2.32. The van der Waals surface area contributed by atoms with Crippen LogP contribution < -0.4 is 15.4 Å². The number of aryl methyl sites for hydroxylation is 1. The van der Waals surface area contributed by atoms with E-state index in [1.165, 1.54) is 5.56 Å². The average molecular weight is 393 g/mol. The van der Waals surface area contributed by atoms with Gasteiger partial charge in [-0.15, -0.1) is 0 Å². The van der Waals surface area contributed by atoms with Gasteiger partial charge in [-0.2, -0.15) is 0 Å². The van der Waals surface area contributed by atoms with Crippen LogP contribution in [0.4, 0.5) is 0 Å². The monoisotopic (exact) mass is 392 g/mol. The lowest BCUT2D eigenvalue weighted by Crippen LogP contribution is -2.38. The van der Waals surface area contributed by atoms with Crippen LogP contribution in [-0.2, 0) is 16.0 Å². The zero-order valence-electron chi connectivity index (χ0n) is 17.8. The first kappa shape index (κ1) is 22.5. The van der Waals surface area contributed by atoms with E-state index in [4.69, 9.17) is 14.2 Å². The van der Waals surface area contributed by atoms with Crippen LogP contribution in [0.25, 0.3) is 0 Å². The summed E-state index contributed by atoms with van der Waals surface area (Å²) < 4.78 is 16.7. The number of nitrogens with one attached hydrogen (secondary N) is 2. The standard InChI is InChI=1S/C21H36N4O3/c1-17-6-7-18(20(14-17)28-19-8-12-27-16-19)15-24-21(22-2)23-9-5-10-25(3)11-13-26-4/h6-7,14,19H,5,8-13,15-16H2,1-4H3,(H2,22,23,24). The Morgan fingerprint density at radius 3 is 2.89 bits per heavy atom. The van der Waals surface area contributed by atoms with Crippen molar-refractivity contribution in [2.45, 2.75) is 32.4 Å². The summed E-state index contributed by atoms with van der Waals surface area (Å²) in [6.07, 6.45) is 2.14. The number of aliphatic imine (C=N–C) groups is 1. The van der Waals surface area contributed by atoms with Crippen molar-refractivity contribution < 1.29 is 14.2 Å². The van der Waals surface area contributed by atoms with E-state index in [0.717, 1.165) is 63.0 Å². The number of likely N-dealkylation sites (N-methyl/N-ethyl adjacent to an activating group) is 1. The largest absolute Gasteiger partial charge is 0.488 e. The lowest BCUT2D eigenvalue weighted by Gasteiger charge is -2.19. The topological polar surface area (TPSA) is 67.4 Å². The van der Waals surface area contributed by atoms with Gasteiger partial charge in [0.2, 0.25) is 0 Å². The van der Waals surface area contributed by atoms with Gasteiger partial charge in [-0.1, -0.05) is 12.1 Å². The molecule has 28 heavy (non-hydrogen) atoms. The molecule has 1 aliphatic rings. The van der Waals surface area contributed by atoms with E-state index in [2.05, 4.69) is 52.7 Å². The van der Waals surface area contributed by atoms with E-state index in [1.54, 1.807) is 14.2 Å². The molecule has 0 aromatic heterocycles. The van der Waals surface area contributed by atoms with Crippen molar-refractivity contribution >= 4 is 5.96 Å². The molecule has 2 rings (SSSR count). The molecule has 2 N–H and O–H groups in total. The normalized spacial score (nSPS) is 17.2. The molecule has 0 bridgehead atoms. The maximum absolute atomic E-state index is 6.17. The van der Waals surface area contributed by atoms with Gasteiger partial charge in [0.05, 0.1) is 19.8 Å². The minimum atomic E-state index is 0.146. The quantitative estimate of drug-likeness (QED) is 0.340. The minimum Gasteiger partial charge on any atom is -0.488 e. The third-order valence-electron chi connectivity index (χ3n) is 4.76. The molecule has 1 atom stereocenters. The molecule has 1 aliphatic heterocycles. The highest BCUT2D eigenvalue weighted by Gasteiger charge is 2.18. The first-order chi connectivity index (χ1) is 13.6. The molecular formula is C21H36N4O3. The van der Waals surface area contributed by atoms with Crippen molar-refractivity contribution in [3.05, 3.63) is 29.3 Å². The lowest BCUT2D eigenvalue weighted by molar-refractivity contribution is 0.140. The Bertz CT molecular complexity index is 603. The summed E-state index contributed by atoms with van der Waals surface area (Å²) in [5, 5.41) is 6.76. The molecule has 1 saturated heterocycles. The Morgan fingerprint density at radius 1 is 1.32 bits per heavy atom. The number of rotatable bonds is 11. The lowest BCUT2D eigenvalue weighted by atomic mass is 10.1. The van der Waals surface area contributed by atoms with Gasteiger partial charge in [-0.3, -0.25) is 4.99 Å². The van der Waals surface area contributed by atoms with E-state index in [1.807, 2.05) is 0 Å². The summed E-state index contributed by atoms with van der Waals surface area (Å²) in [6, 6.07) is 6.33. The molecule has 1 aromatic rings. The van der Waals surface area contributed by atoms with Crippen LogP contribution in [0.15, 0.2) is 23.2 Å². The van der Waals surface area contributed by atoms with E-state index >= 15 is 0 Å². The van der Waals surface area contributed by atoms with Crippen molar-refractivity contribution in [1.82, 2.24) is 15.5 Å². The third-order valence-corrected chi connectivity index (χ3v) is 4.76. The SMILES string of the molecule is CN=C(NCCCN(C)CCOC)NCc1ccc(C)cc1OC1CCOC1. The zero-order valence-corrected chi connectivity index (χ0v) is 17.8. The van der Waals surface area contributed by atoms with Crippen LogP contribution in [0, 0.1) is 6.92 Å². The van der Waals surface area contributed by atoms with Crippen molar-refractivity contribution in [3.8, 4) is 5.75 Å². The first-order valence-electron chi connectivity index (χ1n) is 10.1. The van der Waals surface area contributed by atoms with Gasteiger partial charge in [-0.05, 0) is 38.6 Å². The molecule has 0 radical (unpaired) electrons. The van der Waals surface area contributed by atoms with Crippen LogP contribution in [0.1, 0.15) is 24.0 Å². The van der Waals surface area contributed by atoms with Gasteiger partial charge in [0, 0.05) is 45.8 Å². The highest BCUT2D eigenvalue weighted by Crippen LogP contribution is 2.23. The number of methoxy groups -OCH3 is 1.